The van der Waals surface area contributed by atoms with Gasteiger partial charge in [-0.1, -0.05) is 5.16 Å². The highest BCUT2D eigenvalue weighted by Crippen LogP contribution is 2.14. The van der Waals surface area contributed by atoms with Crippen LogP contribution < -0.4 is 4.74 Å². The zero-order valence-electron chi connectivity index (χ0n) is 9.77. The summed E-state index contributed by atoms with van der Waals surface area (Å²) < 4.78 is 10.5. The minimum absolute atomic E-state index is 0.0439. The Hall–Kier alpha value is -2.10. The minimum atomic E-state index is 0.0439. The van der Waals surface area contributed by atoms with Crippen LogP contribution in [0.1, 0.15) is 28.7 Å². The molecular formula is C13H13NO3. The van der Waals surface area contributed by atoms with E-state index in [1.165, 1.54) is 6.92 Å². The lowest BCUT2D eigenvalue weighted by Crippen LogP contribution is -1.95. The molecule has 0 radical (unpaired) electrons. The van der Waals surface area contributed by atoms with Crippen molar-refractivity contribution in [1.82, 2.24) is 5.16 Å². The summed E-state index contributed by atoms with van der Waals surface area (Å²) in [4.78, 5) is 11.1. The molecule has 1 aromatic carbocycles. The Morgan fingerprint density at radius 1 is 1.35 bits per heavy atom. The van der Waals surface area contributed by atoms with Crippen LogP contribution in [-0.2, 0) is 6.61 Å². The highest BCUT2D eigenvalue weighted by Gasteiger charge is 2.03. The van der Waals surface area contributed by atoms with Crippen molar-refractivity contribution in [3.63, 3.8) is 0 Å². The summed E-state index contributed by atoms with van der Waals surface area (Å²) in [5.41, 5.74) is 1.50. The third-order valence-corrected chi connectivity index (χ3v) is 2.32. The Bertz CT molecular complexity index is 514. The molecule has 0 spiro atoms. The average molecular weight is 231 g/mol. The molecule has 0 saturated heterocycles. The molecule has 17 heavy (non-hydrogen) atoms. The van der Waals surface area contributed by atoms with E-state index < -0.39 is 0 Å². The van der Waals surface area contributed by atoms with Crippen LogP contribution in [0.5, 0.6) is 5.75 Å². The van der Waals surface area contributed by atoms with Crippen LogP contribution >= 0.6 is 0 Å². The third-order valence-electron chi connectivity index (χ3n) is 2.32. The molecule has 4 nitrogen and oxygen atoms in total. The first-order valence-electron chi connectivity index (χ1n) is 5.31. The smallest absolute Gasteiger partial charge is 0.174 e. The van der Waals surface area contributed by atoms with E-state index in [1.54, 1.807) is 24.3 Å². The molecule has 0 unspecified atom stereocenters. The standard InChI is InChI=1S/C13H13NO3/c1-9-7-13(17-14-9)8-16-12-5-3-11(4-6-12)10(2)15/h3-7H,8H2,1-2H3. The number of carbonyl (C=O) groups excluding carboxylic acids is 1. The highest BCUT2D eigenvalue weighted by molar-refractivity contribution is 5.94. The number of ketones is 1. The second-order valence-electron chi connectivity index (χ2n) is 3.80. The van der Waals surface area contributed by atoms with E-state index in [4.69, 9.17) is 9.26 Å². The highest BCUT2D eigenvalue weighted by atomic mass is 16.5. The Morgan fingerprint density at radius 3 is 2.59 bits per heavy atom. The van der Waals surface area contributed by atoms with Crippen molar-refractivity contribution in [1.29, 1.82) is 0 Å². The zero-order chi connectivity index (χ0) is 12.3. The largest absolute Gasteiger partial charge is 0.486 e. The second-order valence-corrected chi connectivity index (χ2v) is 3.80. The van der Waals surface area contributed by atoms with Crippen molar-refractivity contribution in [2.24, 2.45) is 0 Å². The molecule has 2 rings (SSSR count). The average Bonchev–Trinajstić information content (AvgIpc) is 2.73. The lowest BCUT2D eigenvalue weighted by molar-refractivity contribution is 0.101. The van der Waals surface area contributed by atoms with Gasteiger partial charge in [0.15, 0.2) is 11.5 Å². The van der Waals surface area contributed by atoms with Gasteiger partial charge >= 0.3 is 0 Å². The molecule has 0 N–H and O–H groups in total. The second kappa shape index (κ2) is 4.82. The van der Waals surface area contributed by atoms with Gasteiger partial charge in [0.2, 0.25) is 0 Å². The molecule has 0 aliphatic carbocycles. The van der Waals surface area contributed by atoms with Gasteiger partial charge in [-0.05, 0) is 38.1 Å². The Balaban J connectivity index is 1.97. The Kier molecular flexibility index (Phi) is 3.23. The number of hydrogen-bond acceptors (Lipinski definition) is 4. The first kappa shape index (κ1) is 11.4. The number of ether oxygens (including phenoxy) is 1. The number of nitrogens with zero attached hydrogens (tertiary/aromatic N) is 1. The molecule has 0 atom stereocenters. The quantitative estimate of drug-likeness (QED) is 0.759. The number of Topliss-reactive ketones (excluding diaryl/α,β-unsaturated/α-hetero) is 1. The number of carbonyl (C=O) groups is 1. The molecule has 0 saturated carbocycles. The van der Waals surface area contributed by atoms with Gasteiger partial charge in [-0.25, -0.2) is 0 Å². The van der Waals surface area contributed by atoms with Crippen LogP contribution in [0.3, 0.4) is 0 Å². The number of rotatable bonds is 4. The fraction of sp³-hybridized carbons (Fsp3) is 0.231. The summed E-state index contributed by atoms with van der Waals surface area (Å²) in [5.74, 6) is 1.42. The van der Waals surface area contributed by atoms with E-state index >= 15 is 0 Å². The van der Waals surface area contributed by atoms with Gasteiger partial charge in [0.25, 0.3) is 0 Å². The van der Waals surface area contributed by atoms with E-state index in [0.29, 0.717) is 23.7 Å². The molecule has 0 fully saturated rings. The number of hydrogen-bond donors (Lipinski definition) is 0. The summed E-state index contributed by atoms with van der Waals surface area (Å²) in [6, 6.07) is 8.83. The van der Waals surface area contributed by atoms with Crippen molar-refractivity contribution < 1.29 is 14.1 Å². The van der Waals surface area contributed by atoms with Crippen molar-refractivity contribution in [3.05, 3.63) is 47.3 Å². The summed E-state index contributed by atoms with van der Waals surface area (Å²) in [7, 11) is 0. The summed E-state index contributed by atoms with van der Waals surface area (Å²) in [6.45, 7) is 3.72. The van der Waals surface area contributed by atoms with E-state index in [2.05, 4.69) is 5.16 Å². The van der Waals surface area contributed by atoms with Crippen molar-refractivity contribution in [3.8, 4) is 5.75 Å². The fourth-order valence-electron chi connectivity index (χ4n) is 1.42. The van der Waals surface area contributed by atoms with E-state index in [-0.39, 0.29) is 5.78 Å². The van der Waals surface area contributed by atoms with Gasteiger partial charge in [0.1, 0.15) is 12.4 Å². The minimum Gasteiger partial charge on any atom is -0.486 e. The van der Waals surface area contributed by atoms with Gasteiger partial charge in [0.05, 0.1) is 5.69 Å². The van der Waals surface area contributed by atoms with Crippen LogP contribution in [0.2, 0.25) is 0 Å². The van der Waals surface area contributed by atoms with E-state index in [9.17, 15) is 4.79 Å². The first-order chi connectivity index (χ1) is 8.15. The number of benzene rings is 1. The molecule has 0 aliphatic heterocycles. The number of aryl methyl sites for hydroxylation is 1. The summed E-state index contributed by atoms with van der Waals surface area (Å²) >= 11 is 0. The molecule has 1 aromatic heterocycles. The zero-order valence-corrected chi connectivity index (χ0v) is 9.77. The predicted octanol–water partition coefficient (Wildman–Crippen LogP) is 2.76. The molecule has 0 amide bonds. The Labute approximate surface area is 99.2 Å². The van der Waals surface area contributed by atoms with Gasteiger partial charge in [0, 0.05) is 11.6 Å². The van der Waals surface area contributed by atoms with Crippen molar-refractivity contribution >= 4 is 5.78 Å². The van der Waals surface area contributed by atoms with Crippen LogP contribution in [0.4, 0.5) is 0 Å². The topological polar surface area (TPSA) is 52.3 Å². The van der Waals surface area contributed by atoms with Crippen molar-refractivity contribution in [2.75, 3.05) is 0 Å². The van der Waals surface area contributed by atoms with Crippen LogP contribution in [0.15, 0.2) is 34.9 Å². The normalized spacial score (nSPS) is 10.2. The maximum absolute atomic E-state index is 11.1. The maximum Gasteiger partial charge on any atom is 0.174 e. The lowest BCUT2D eigenvalue weighted by atomic mass is 10.1. The van der Waals surface area contributed by atoms with Crippen LogP contribution in [-0.4, -0.2) is 10.9 Å². The first-order valence-corrected chi connectivity index (χ1v) is 5.31. The third kappa shape index (κ3) is 2.93. The number of aromatic nitrogens is 1. The van der Waals surface area contributed by atoms with Gasteiger partial charge in [-0.3, -0.25) is 4.79 Å². The summed E-state index contributed by atoms with van der Waals surface area (Å²) in [6.07, 6.45) is 0. The van der Waals surface area contributed by atoms with E-state index in [0.717, 1.165) is 5.69 Å². The van der Waals surface area contributed by atoms with Gasteiger partial charge in [-0.15, -0.1) is 0 Å². The molecule has 1 heterocycles. The Morgan fingerprint density at radius 2 is 2.06 bits per heavy atom. The lowest BCUT2D eigenvalue weighted by Gasteiger charge is -2.03. The molecule has 88 valence electrons. The molecule has 0 bridgehead atoms. The molecular weight excluding hydrogens is 218 g/mol. The molecule has 4 heteroatoms. The van der Waals surface area contributed by atoms with Gasteiger partial charge < -0.3 is 9.26 Å². The summed E-state index contributed by atoms with van der Waals surface area (Å²) in [5, 5.41) is 3.77. The van der Waals surface area contributed by atoms with Crippen LogP contribution in [0, 0.1) is 6.92 Å². The monoisotopic (exact) mass is 231 g/mol. The molecule has 0 aliphatic rings. The van der Waals surface area contributed by atoms with E-state index in [1.807, 2.05) is 13.0 Å². The maximum atomic E-state index is 11.1. The van der Waals surface area contributed by atoms with Crippen LogP contribution in [0.25, 0.3) is 0 Å². The molecule has 2 aromatic rings. The fourth-order valence-corrected chi connectivity index (χ4v) is 1.42. The SMILES string of the molecule is CC(=O)c1ccc(OCc2cc(C)no2)cc1. The predicted molar refractivity (Wildman–Crippen MR) is 62.0 cm³/mol. The van der Waals surface area contributed by atoms with Gasteiger partial charge in [-0.2, -0.15) is 0 Å². The van der Waals surface area contributed by atoms with Crippen molar-refractivity contribution in [2.45, 2.75) is 20.5 Å².